The molecule has 5 nitrogen and oxygen atoms in total. The van der Waals surface area contributed by atoms with Gasteiger partial charge in [-0.05, 0) is 22.0 Å². The van der Waals surface area contributed by atoms with Crippen LogP contribution in [0, 0.1) is 5.41 Å². The quantitative estimate of drug-likeness (QED) is 0.623. The van der Waals surface area contributed by atoms with Crippen LogP contribution in [0.25, 0.3) is 0 Å². The summed E-state index contributed by atoms with van der Waals surface area (Å²) in [6.07, 6.45) is 1.19. The highest BCUT2D eigenvalue weighted by atomic mass is 79.9. The standard InChI is InChI=1S/C6H5BrN2O3/c7-3-1-4(6(10)11)5(8)9(12)2-3/h1-2,8,12H,(H,10,11). The summed E-state index contributed by atoms with van der Waals surface area (Å²) in [6.45, 7) is 0. The van der Waals surface area contributed by atoms with Gasteiger partial charge in [-0.2, -0.15) is 4.73 Å². The summed E-state index contributed by atoms with van der Waals surface area (Å²) in [5.74, 6) is -1.25. The lowest BCUT2D eigenvalue weighted by atomic mass is 10.3. The van der Waals surface area contributed by atoms with Gasteiger partial charge in [-0.25, -0.2) is 4.79 Å². The summed E-state index contributed by atoms with van der Waals surface area (Å²) < 4.78 is 0.839. The van der Waals surface area contributed by atoms with E-state index in [1.54, 1.807) is 0 Å². The van der Waals surface area contributed by atoms with E-state index in [1.807, 2.05) is 0 Å². The molecule has 0 aliphatic carbocycles. The second-order valence-corrected chi connectivity index (χ2v) is 2.99. The number of pyridine rings is 1. The maximum Gasteiger partial charge on any atom is 0.339 e. The Bertz CT molecular complexity index is 385. The Morgan fingerprint density at radius 1 is 1.67 bits per heavy atom. The summed E-state index contributed by atoms with van der Waals surface area (Å²) in [7, 11) is 0. The average molecular weight is 233 g/mol. The molecule has 12 heavy (non-hydrogen) atoms. The largest absolute Gasteiger partial charge is 0.478 e. The molecule has 1 rings (SSSR count). The Morgan fingerprint density at radius 2 is 2.25 bits per heavy atom. The van der Waals surface area contributed by atoms with Gasteiger partial charge in [0.05, 0.1) is 6.20 Å². The highest BCUT2D eigenvalue weighted by molar-refractivity contribution is 9.10. The third-order valence-electron chi connectivity index (χ3n) is 1.24. The number of carboxylic acids is 1. The van der Waals surface area contributed by atoms with Gasteiger partial charge in [-0.1, -0.05) is 0 Å². The van der Waals surface area contributed by atoms with Gasteiger partial charge in [-0.15, -0.1) is 0 Å². The molecule has 0 aliphatic heterocycles. The van der Waals surface area contributed by atoms with Crippen LogP contribution in [0.1, 0.15) is 10.4 Å². The number of halogens is 1. The predicted molar refractivity (Wildman–Crippen MR) is 42.1 cm³/mol. The van der Waals surface area contributed by atoms with Crippen molar-refractivity contribution < 1.29 is 15.1 Å². The van der Waals surface area contributed by atoms with E-state index in [0.717, 1.165) is 0 Å². The first kappa shape index (κ1) is 8.79. The van der Waals surface area contributed by atoms with Crippen LogP contribution in [0.15, 0.2) is 16.7 Å². The van der Waals surface area contributed by atoms with Gasteiger partial charge in [0.2, 0.25) is 0 Å². The van der Waals surface area contributed by atoms with E-state index in [1.165, 1.54) is 12.3 Å². The molecular weight excluding hydrogens is 228 g/mol. The number of nitrogens with one attached hydrogen (secondary N) is 1. The minimum Gasteiger partial charge on any atom is -0.478 e. The number of hydrogen-bond donors (Lipinski definition) is 3. The lowest BCUT2D eigenvalue weighted by Crippen LogP contribution is -2.24. The monoisotopic (exact) mass is 232 g/mol. The van der Waals surface area contributed by atoms with Crippen molar-refractivity contribution in [2.75, 3.05) is 0 Å². The van der Waals surface area contributed by atoms with Crippen molar-refractivity contribution in [2.24, 2.45) is 0 Å². The number of aromatic carboxylic acids is 1. The number of carbonyl (C=O) groups is 1. The van der Waals surface area contributed by atoms with Crippen LogP contribution in [0.5, 0.6) is 0 Å². The fraction of sp³-hybridized carbons (Fsp3) is 0. The lowest BCUT2D eigenvalue weighted by Gasteiger charge is -2.00. The van der Waals surface area contributed by atoms with Crippen LogP contribution in [0.4, 0.5) is 0 Å². The Kier molecular flexibility index (Phi) is 2.18. The maximum absolute atomic E-state index is 10.5. The Hall–Kier alpha value is -1.30. The third-order valence-corrected chi connectivity index (χ3v) is 1.68. The van der Waals surface area contributed by atoms with Gasteiger partial charge in [0.1, 0.15) is 5.56 Å². The van der Waals surface area contributed by atoms with Gasteiger partial charge in [0, 0.05) is 4.47 Å². The summed E-state index contributed by atoms with van der Waals surface area (Å²) >= 11 is 2.99. The Morgan fingerprint density at radius 3 is 2.75 bits per heavy atom. The van der Waals surface area contributed by atoms with E-state index in [2.05, 4.69) is 15.9 Å². The van der Waals surface area contributed by atoms with Crippen molar-refractivity contribution in [2.45, 2.75) is 0 Å². The minimum atomic E-state index is -1.25. The SMILES string of the molecule is N=c1c(C(=O)O)cc(Br)cn1O. The fourth-order valence-electron chi connectivity index (χ4n) is 0.711. The average Bonchev–Trinajstić information content (AvgIpc) is 1.96. The smallest absolute Gasteiger partial charge is 0.339 e. The van der Waals surface area contributed by atoms with E-state index < -0.39 is 11.5 Å². The molecule has 0 aliphatic rings. The molecule has 0 fully saturated rings. The minimum absolute atomic E-state index is 0.258. The summed E-state index contributed by atoms with van der Waals surface area (Å²) in [6, 6.07) is 1.25. The van der Waals surface area contributed by atoms with Crippen molar-refractivity contribution in [3.05, 3.63) is 27.8 Å². The zero-order valence-electron chi connectivity index (χ0n) is 5.78. The molecule has 1 aromatic heterocycles. The number of hydrogen-bond acceptors (Lipinski definition) is 3. The van der Waals surface area contributed by atoms with Crippen LogP contribution in [-0.2, 0) is 0 Å². The van der Waals surface area contributed by atoms with Crippen molar-refractivity contribution in [1.29, 1.82) is 5.41 Å². The molecule has 3 N–H and O–H groups in total. The molecule has 1 aromatic rings. The van der Waals surface area contributed by atoms with Gasteiger partial charge in [-0.3, -0.25) is 5.41 Å². The maximum atomic E-state index is 10.5. The van der Waals surface area contributed by atoms with Crippen LogP contribution >= 0.6 is 15.9 Å². The molecule has 0 saturated heterocycles. The van der Waals surface area contributed by atoms with Crippen LogP contribution < -0.4 is 5.49 Å². The number of rotatable bonds is 1. The van der Waals surface area contributed by atoms with Gasteiger partial charge < -0.3 is 10.3 Å². The number of aromatic nitrogens is 1. The fourth-order valence-corrected chi connectivity index (χ4v) is 1.13. The first-order valence-corrected chi connectivity index (χ1v) is 3.71. The molecular formula is C6H5BrN2O3. The molecule has 0 saturated carbocycles. The number of carboxylic acid groups (broad SMARTS) is 1. The van der Waals surface area contributed by atoms with Crippen LogP contribution in [-0.4, -0.2) is 21.0 Å². The third kappa shape index (κ3) is 1.48. The first-order valence-electron chi connectivity index (χ1n) is 2.91. The van der Waals surface area contributed by atoms with Crippen molar-refractivity contribution in [3.63, 3.8) is 0 Å². The summed E-state index contributed by atoms with van der Waals surface area (Å²) in [5.41, 5.74) is -0.711. The second kappa shape index (κ2) is 2.98. The molecule has 0 spiro atoms. The van der Waals surface area contributed by atoms with Crippen LogP contribution in [0.2, 0.25) is 0 Å². The zero-order valence-corrected chi connectivity index (χ0v) is 7.37. The van der Waals surface area contributed by atoms with E-state index in [9.17, 15) is 4.79 Å². The molecule has 0 radical (unpaired) electrons. The highest BCUT2D eigenvalue weighted by Crippen LogP contribution is 2.07. The normalized spacial score (nSPS) is 9.75. The number of nitrogens with zero attached hydrogens (tertiary/aromatic N) is 1. The van der Waals surface area contributed by atoms with E-state index in [0.29, 0.717) is 9.20 Å². The summed E-state index contributed by atoms with van der Waals surface area (Å²) in [5, 5.41) is 24.6. The first-order chi connectivity index (χ1) is 5.52. The van der Waals surface area contributed by atoms with Crippen molar-refractivity contribution in [3.8, 4) is 0 Å². The van der Waals surface area contributed by atoms with E-state index >= 15 is 0 Å². The molecule has 0 aromatic carbocycles. The summed E-state index contributed by atoms with van der Waals surface area (Å²) in [4.78, 5) is 10.5. The van der Waals surface area contributed by atoms with Crippen molar-refractivity contribution in [1.82, 2.24) is 4.73 Å². The highest BCUT2D eigenvalue weighted by Gasteiger charge is 2.08. The van der Waals surface area contributed by atoms with E-state index in [4.69, 9.17) is 15.7 Å². The molecule has 0 atom stereocenters. The van der Waals surface area contributed by atoms with E-state index in [-0.39, 0.29) is 5.56 Å². The molecule has 0 unspecified atom stereocenters. The zero-order chi connectivity index (χ0) is 9.30. The lowest BCUT2D eigenvalue weighted by molar-refractivity contribution is 0.0686. The topological polar surface area (TPSA) is 86.3 Å². The molecule has 6 heteroatoms. The van der Waals surface area contributed by atoms with Gasteiger partial charge in [0.25, 0.3) is 0 Å². The van der Waals surface area contributed by atoms with Crippen LogP contribution in [0.3, 0.4) is 0 Å². The van der Waals surface area contributed by atoms with Crippen molar-refractivity contribution >= 4 is 21.9 Å². The second-order valence-electron chi connectivity index (χ2n) is 2.07. The Labute approximate surface area is 75.5 Å². The molecule has 1 heterocycles. The molecule has 0 amide bonds. The molecule has 0 bridgehead atoms. The van der Waals surface area contributed by atoms with Gasteiger partial charge in [0.15, 0.2) is 5.49 Å². The predicted octanol–water partition coefficient (Wildman–Crippen LogP) is 0.666. The Balaban J connectivity index is 3.49. The molecule has 64 valence electrons. The van der Waals surface area contributed by atoms with Gasteiger partial charge >= 0.3 is 5.97 Å².